The first-order chi connectivity index (χ1) is 29.3. The molecular weight excluding hydrogens is 1290 g/mol. The van der Waals surface area contributed by atoms with E-state index in [9.17, 15) is 110 Å². The minimum absolute atomic E-state index is 1.11. The van der Waals surface area contributed by atoms with E-state index in [1.807, 2.05) is 0 Å². The van der Waals surface area contributed by atoms with Crippen molar-refractivity contribution in [3.8, 4) is 22.3 Å². The van der Waals surface area contributed by atoms with Crippen LogP contribution >= 0.6 is 70.4 Å². The highest BCUT2D eigenvalue weighted by Gasteiger charge is 2.99. The van der Waals surface area contributed by atoms with E-state index < -0.39 is 91.9 Å². The normalized spacial score (nSPS) is 14.2. The summed E-state index contributed by atoms with van der Waals surface area (Å²) in [5, 5.41) is 0. The van der Waals surface area contributed by atoms with Gasteiger partial charge in [0.05, 0.1) is 0 Å². The lowest BCUT2D eigenvalue weighted by Crippen LogP contribution is -2.78. The van der Waals surface area contributed by atoms with Gasteiger partial charge in [-0.15, -0.1) is 0 Å². The number of aryl methyl sites for hydroxylation is 1. The van der Waals surface area contributed by atoms with Crippen LogP contribution in [0.1, 0.15) is 5.56 Å². The summed E-state index contributed by atoms with van der Waals surface area (Å²) in [6, 6.07) is 33.6. The molecule has 0 N–H and O–H groups in total. The van der Waals surface area contributed by atoms with Crippen molar-refractivity contribution in [2.45, 2.75) is 76.3 Å². The largest absolute Gasteiger partial charge is 0.460 e. The molecule has 4 aromatic carbocycles. The Hall–Kier alpha value is -2.70. The van der Waals surface area contributed by atoms with Crippen molar-refractivity contribution in [3.63, 3.8) is 0 Å². The van der Waals surface area contributed by atoms with Crippen LogP contribution in [0.15, 0.2) is 110 Å². The highest BCUT2D eigenvalue weighted by atomic mass is 127. The van der Waals surface area contributed by atoms with Gasteiger partial charge in [-0.3, -0.25) is 0 Å². The molecule has 0 bridgehead atoms. The molecule has 0 saturated heterocycles. The minimum atomic E-state index is -9.56. The maximum Gasteiger partial charge on any atom is 0.460 e. The standard InChI is InChI=1S/C13H11Br.C12H8Br2.C12F25I/c1-10-2-4-11(5-3-10)12-6-8-13(14)9-7-12;13-11-5-1-9(2-6-11)10-3-7-12(14)8-4-10;13-1(14,3(17,18)5(21,22)7(25,26)9(29,30)11(33,34)35)2(15,16)4(19,20)6(23,24)8(27,28)10(31,32)12(36,37)38/h2-9H,1H3;1-8H;. The van der Waals surface area contributed by atoms with Crippen LogP contribution in [0.25, 0.3) is 22.3 Å². The summed E-state index contributed by atoms with van der Waals surface area (Å²) in [5.74, 6) is -90.9. The predicted octanol–water partition coefficient (Wildman–Crippen LogP) is 18.2. The van der Waals surface area contributed by atoms with Gasteiger partial charge in [0.2, 0.25) is 0 Å². The molecule has 0 aromatic heterocycles. The summed E-state index contributed by atoms with van der Waals surface area (Å²) < 4.78 is 321. The van der Waals surface area contributed by atoms with Gasteiger partial charge in [-0.1, -0.05) is 114 Å². The molecule has 0 saturated carbocycles. The summed E-state index contributed by atoms with van der Waals surface area (Å²) in [6.07, 6.45) is -8.15. The van der Waals surface area contributed by atoms with Gasteiger partial charge >= 0.3 is 69.3 Å². The summed E-state index contributed by atoms with van der Waals surface area (Å²) in [7, 11) is 0. The highest BCUT2D eigenvalue weighted by Crippen LogP contribution is 2.68. The van der Waals surface area contributed by atoms with E-state index in [0.29, 0.717) is 0 Å². The number of halogens is 29. The van der Waals surface area contributed by atoms with E-state index in [2.05, 4.69) is 152 Å². The van der Waals surface area contributed by atoms with Crippen molar-refractivity contribution in [2.24, 2.45) is 0 Å². The van der Waals surface area contributed by atoms with Gasteiger partial charge in [0, 0.05) is 36.0 Å². The zero-order valence-electron chi connectivity index (χ0n) is 31.2. The number of benzene rings is 4. The molecule has 0 aliphatic heterocycles. The second kappa shape index (κ2) is 19.6. The van der Waals surface area contributed by atoms with E-state index in [0.717, 1.165) is 13.4 Å². The van der Waals surface area contributed by atoms with Gasteiger partial charge in [-0.2, -0.15) is 110 Å². The lowest BCUT2D eigenvalue weighted by atomic mass is 9.85. The molecule has 0 aliphatic rings. The number of hydrogen-bond acceptors (Lipinski definition) is 0. The number of hydrogen-bond donors (Lipinski definition) is 0. The Balaban J connectivity index is 0.000000424. The first-order valence-electron chi connectivity index (χ1n) is 16.5. The van der Waals surface area contributed by atoms with Crippen molar-refractivity contribution >= 4 is 70.4 Å². The molecule has 0 nitrogen and oxygen atoms in total. The molecule has 0 radical (unpaired) electrons. The summed E-state index contributed by atoms with van der Waals surface area (Å²) in [5.41, 5.74) is 6.29. The molecule has 0 aliphatic carbocycles. The van der Waals surface area contributed by atoms with E-state index in [1.165, 1.54) is 27.8 Å². The van der Waals surface area contributed by atoms with Gasteiger partial charge in [-0.25, -0.2) is 0 Å². The zero-order chi connectivity index (χ0) is 51.9. The average Bonchev–Trinajstić information content (AvgIpc) is 3.18. The smallest absolute Gasteiger partial charge is 0.192 e. The van der Waals surface area contributed by atoms with Crippen LogP contribution in [0.5, 0.6) is 0 Å². The lowest BCUT2D eigenvalue weighted by molar-refractivity contribution is -0.480. The maximum atomic E-state index is 13.4. The van der Waals surface area contributed by atoms with Crippen LogP contribution in [0.4, 0.5) is 110 Å². The van der Waals surface area contributed by atoms with E-state index in [-0.39, 0.29) is 0 Å². The van der Waals surface area contributed by atoms with Crippen LogP contribution < -0.4 is 0 Å². The Kier molecular flexibility index (Phi) is 17.6. The van der Waals surface area contributed by atoms with Gasteiger partial charge in [-0.05, 0) is 65.6 Å². The van der Waals surface area contributed by atoms with Gasteiger partial charge in [0.25, 0.3) is 0 Å². The SMILES string of the molecule is Brc1ccc(-c2ccc(Br)cc2)cc1.Cc1ccc(-c2ccc(Br)cc2)cc1.FC(F)(F)C(F)(F)C(F)(F)C(F)(F)C(F)(F)C(F)(F)C(F)(F)C(F)(F)C(F)(F)C(F)(F)C(F)(F)C(F)(F)I. The lowest BCUT2D eigenvalue weighted by Gasteiger charge is -2.45. The molecule has 0 atom stereocenters. The van der Waals surface area contributed by atoms with Gasteiger partial charge in [0.1, 0.15) is 0 Å². The molecule has 4 rings (SSSR count). The Morgan fingerprint density at radius 1 is 0.273 bits per heavy atom. The fourth-order valence-corrected chi connectivity index (χ4v) is 5.74. The molecule has 4 aromatic rings. The monoisotopic (exact) mass is 1300 g/mol. The molecule has 0 amide bonds. The fraction of sp³-hybridized carbons (Fsp3) is 0.351. The topological polar surface area (TPSA) is 0 Å². The Labute approximate surface area is 392 Å². The third-order valence-electron chi connectivity index (χ3n) is 8.51. The van der Waals surface area contributed by atoms with E-state index in [4.69, 9.17) is 0 Å². The highest BCUT2D eigenvalue weighted by molar-refractivity contribution is 14.1. The van der Waals surface area contributed by atoms with Crippen molar-refractivity contribution in [1.29, 1.82) is 0 Å². The molecule has 0 unspecified atom stereocenters. The van der Waals surface area contributed by atoms with Crippen molar-refractivity contribution < 1.29 is 110 Å². The average molecular weight is 1310 g/mol. The fourth-order valence-electron chi connectivity index (χ4n) is 4.61. The number of alkyl halides is 26. The van der Waals surface area contributed by atoms with E-state index >= 15 is 0 Å². The molecule has 66 heavy (non-hydrogen) atoms. The van der Waals surface area contributed by atoms with Crippen molar-refractivity contribution in [2.75, 3.05) is 0 Å². The Morgan fingerprint density at radius 2 is 0.439 bits per heavy atom. The van der Waals surface area contributed by atoms with Crippen LogP contribution in [-0.2, 0) is 0 Å². The molecule has 0 heterocycles. The maximum absolute atomic E-state index is 13.4. The minimum Gasteiger partial charge on any atom is -0.192 e. The van der Waals surface area contributed by atoms with Crippen LogP contribution in [0.2, 0.25) is 0 Å². The number of rotatable bonds is 12. The zero-order valence-corrected chi connectivity index (χ0v) is 38.1. The van der Waals surface area contributed by atoms with Crippen molar-refractivity contribution in [1.82, 2.24) is 0 Å². The first-order valence-corrected chi connectivity index (χ1v) is 20.0. The molecule has 370 valence electrons. The predicted molar refractivity (Wildman–Crippen MR) is 206 cm³/mol. The van der Waals surface area contributed by atoms with Gasteiger partial charge in [0.15, 0.2) is 0 Å². The molecule has 0 fully saturated rings. The second-order valence-electron chi connectivity index (χ2n) is 13.1. The van der Waals surface area contributed by atoms with Crippen LogP contribution in [0, 0.1) is 6.92 Å². The molecule has 29 heteroatoms. The van der Waals surface area contributed by atoms with Crippen LogP contribution in [0.3, 0.4) is 0 Å². The summed E-state index contributed by atoms with van der Waals surface area (Å²) >= 11 is 9.03. The Bertz CT molecular complexity index is 1970. The first kappa shape index (κ1) is 59.4. The van der Waals surface area contributed by atoms with Gasteiger partial charge < -0.3 is 0 Å². The third kappa shape index (κ3) is 10.7. The third-order valence-corrected chi connectivity index (χ3v) is 10.8. The quantitative estimate of drug-likeness (QED) is 0.0753. The summed E-state index contributed by atoms with van der Waals surface area (Å²) in [6.45, 7) is 2.10. The summed E-state index contributed by atoms with van der Waals surface area (Å²) in [4.78, 5) is 0. The molecule has 0 spiro atoms. The molecular formula is C37H19Br3F25I. The Morgan fingerprint density at radius 3 is 0.621 bits per heavy atom. The van der Waals surface area contributed by atoms with E-state index in [1.54, 1.807) is 0 Å². The van der Waals surface area contributed by atoms with Crippen LogP contribution in [-0.4, -0.2) is 69.3 Å². The van der Waals surface area contributed by atoms with Crippen molar-refractivity contribution in [3.05, 3.63) is 116 Å². The second-order valence-corrected chi connectivity index (χ2v) is 17.2.